The molecule has 0 aliphatic carbocycles. The summed E-state index contributed by atoms with van der Waals surface area (Å²) in [6.45, 7) is 4.76. The van der Waals surface area contributed by atoms with E-state index in [1.54, 1.807) is 0 Å². The molecule has 3 heteroatoms. The first-order chi connectivity index (χ1) is 5.75. The molecule has 0 aromatic carbocycles. The first-order valence-corrected chi connectivity index (χ1v) is 6.69. The summed E-state index contributed by atoms with van der Waals surface area (Å²) in [6, 6.07) is 0. The number of hydrogen-bond donors (Lipinski definition) is 1. The molecule has 0 saturated carbocycles. The van der Waals surface area contributed by atoms with Gasteiger partial charge in [0.15, 0.2) is 0 Å². The van der Waals surface area contributed by atoms with Crippen LogP contribution in [-0.4, -0.2) is 27.8 Å². The fraction of sp³-hybridized carbons (Fsp3) is 1.00. The Balaban J connectivity index is 2.40. The SMILES string of the molecule is CC(C)[C@H](CO)C1SCCCS1. The van der Waals surface area contributed by atoms with Gasteiger partial charge in [0, 0.05) is 12.5 Å². The predicted molar refractivity (Wildman–Crippen MR) is 58.7 cm³/mol. The molecule has 1 aliphatic heterocycles. The molecule has 72 valence electrons. The largest absolute Gasteiger partial charge is 0.396 e. The molecule has 0 aromatic rings. The summed E-state index contributed by atoms with van der Waals surface area (Å²) >= 11 is 4.05. The fourth-order valence-corrected chi connectivity index (χ4v) is 4.89. The van der Waals surface area contributed by atoms with Crippen molar-refractivity contribution in [3.63, 3.8) is 0 Å². The molecule has 12 heavy (non-hydrogen) atoms. The van der Waals surface area contributed by atoms with Gasteiger partial charge in [-0.3, -0.25) is 0 Å². The first kappa shape index (κ1) is 10.7. The molecule has 1 rings (SSSR count). The summed E-state index contributed by atoms with van der Waals surface area (Å²) in [5, 5.41) is 9.22. The highest BCUT2D eigenvalue weighted by molar-refractivity contribution is 8.17. The molecule has 0 spiro atoms. The molecule has 1 saturated heterocycles. The Morgan fingerprint density at radius 3 is 2.33 bits per heavy atom. The van der Waals surface area contributed by atoms with Crippen molar-refractivity contribution in [2.45, 2.75) is 24.9 Å². The quantitative estimate of drug-likeness (QED) is 0.766. The van der Waals surface area contributed by atoms with Crippen LogP contribution in [0.3, 0.4) is 0 Å². The lowest BCUT2D eigenvalue weighted by atomic mass is 9.99. The standard InChI is InChI=1S/C9H18OS2/c1-7(2)8(6-10)9-11-4-3-5-12-9/h7-10H,3-6H2,1-2H3/t8-/m0/s1. The van der Waals surface area contributed by atoms with E-state index < -0.39 is 0 Å². The number of aliphatic hydroxyl groups excluding tert-OH is 1. The Morgan fingerprint density at radius 2 is 1.92 bits per heavy atom. The summed E-state index contributed by atoms with van der Waals surface area (Å²) in [4.78, 5) is 0. The van der Waals surface area contributed by atoms with Crippen molar-refractivity contribution in [3.8, 4) is 0 Å². The summed E-state index contributed by atoms with van der Waals surface area (Å²) in [5.74, 6) is 3.65. The average molecular weight is 206 g/mol. The van der Waals surface area contributed by atoms with Crippen LogP contribution in [0.25, 0.3) is 0 Å². The Morgan fingerprint density at radius 1 is 1.33 bits per heavy atom. The zero-order chi connectivity index (χ0) is 8.97. The van der Waals surface area contributed by atoms with Crippen molar-refractivity contribution >= 4 is 23.5 Å². The highest BCUT2D eigenvalue weighted by Gasteiger charge is 2.26. The number of aliphatic hydroxyl groups is 1. The summed E-state index contributed by atoms with van der Waals surface area (Å²) in [7, 11) is 0. The van der Waals surface area contributed by atoms with E-state index in [-0.39, 0.29) is 0 Å². The van der Waals surface area contributed by atoms with Gasteiger partial charge in [-0.05, 0) is 23.8 Å². The lowest BCUT2D eigenvalue weighted by Crippen LogP contribution is -2.26. The minimum absolute atomic E-state index is 0.350. The van der Waals surface area contributed by atoms with Gasteiger partial charge in [0.2, 0.25) is 0 Å². The zero-order valence-electron chi connectivity index (χ0n) is 7.82. The van der Waals surface area contributed by atoms with Gasteiger partial charge in [-0.2, -0.15) is 0 Å². The topological polar surface area (TPSA) is 20.2 Å². The molecule has 0 unspecified atom stereocenters. The minimum Gasteiger partial charge on any atom is -0.396 e. The maximum absolute atomic E-state index is 9.22. The second kappa shape index (κ2) is 5.40. The van der Waals surface area contributed by atoms with Gasteiger partial charge in [-0.15, -0.1) is 23.5 Å². The fourth-order valence-electron chi connectivity index (χ4n) is 1.36. The summed E-state index contributed by atoms with van der Waals surface area (Å²) in [6.07, 6.45) is 1.34. The second-order valence-corrected chi connectivity index (χ2v) is 6.35. The van der Waals surface area contributed by atoms with Crippen LogP contribution in [0.15, 0.2) is 0 Å². The monoisotopic (exact) mass is 206 g/mol. The van der Waals surface area contributed by atoms with Gasteiger partial charge in [0.05, 0.1) is 4.58 Å². The number of hydrogen-bond acceptors (Lipinski definition) is 3. The predicted octanol–water partition coefficient (Wildman–Crippen LogP) is 2.45. The van der Waals surface area contributed by atoms with E-state index in [2.05, 4.69) is 13.8 Å². The van der Waals surface area contributed by atoms with Crippen LogP contribution in [0.4, 0.5) is 0 Å². The van der Waals surface area contributed by atoms with E-state index in [0.717, 1.165) is 0 Å². The Bertz CT molecular complexity index is 122. The van der Waals surface area contributed by atoms with Crippen LogP contribution in [0.5, 0.6) is 0 Å². The molecule has 1 atom stereocenters. The van der Waals surface area contributed by atoms with Crippen LogP contribution in [-0.2, 0) is 0 Å². The van der Waals surface area contributed by atoms with Crippen molar-refractivity contribution in [2.75, 3.05) is 18.1 Å². The molecule has 1 aliphatic rings. The van der Waals surface area contributed by atoms with E-state index in [1.807, 2.05) is 23.5 Å². The van der Waals surface area contributed by atoms with E-state index in [9.17, 15) is 5.11 Å². The molecule has 0 amide bonds. The average Bonchev–Trinajstić information content (AvgIpc) is 2.07. The molecule has 1 heterocycles. The third-order valence-electron chi connectivity index (χ3n) is 2.27. The van der Waals surface area contributed by atoms with E-state index in [1.165, 1.54) is 17.9 Å². The molecular formula is C9H18OS2. The summed E-state index contributed by atoms with van der Waals surface area (Å²) in [5.41, 5.74) is 0. The van der Waals surface area contributed by atoms with Crippen molar-refractivity contribution in [1.29, 1.82) is 0 Å². The molecule has 1 N–H and O–H groups in total. The number of thioether (sulfide) groups is 2. The first-order valence-electron chi connectivity index (χ1n) is 4.59. The van der Waals surface area contributed by atoms with Crippen molar-refractivity contribution in [3.05, 3.63) is 0 Å². The summed E-state index contributed by atoms with van der Waals surface area (Å²) < 4.78 is 0.642. The highest BCUT2D eigenvalue weighted by Crippen LogP contribution is 2.38. The molecule has 1 fully saturated rings. The Kier molecular flexibility index (Phi) is 4.84. The van der Waals surface area contributed by atoms with Gasteiger partial charge in [-0.25, -0.2) is 0 Å². The molecular weight excluding hydrogens is 188 g/mol. The van der Waals surface area contributed by atoms with Crippen LogP contribution < -0.4 is 0 Å². The molecule has 0 aromatic heterocycles. The zero-order valence-corrected chi connectivity index (χ0v) is 9.46. The van der Waals surface area contributed by atoms with Crippen molar-refractivity contribution < 1.29 is 5.11 Å². The minimum atomic E-state index is 0.350. The van der Waals surface area contributed by atoms with Gasteiger partial charge in [0.1, 0.15) is 0 Å². The second-order valence-electron chi connectivity index (χ2n) is 3.55. The van der Waals surface area contributed by atoms with Crippen molar-refractivity contribution in [1.82, 2.24) is 0 Å². The Labute approximate surface area is 83.7 Å². The molecule has 1 nitrogen and oxygen atoms in total. The third kappa shape index (κ3) is 2.86. The lowest BCUT2D eigenvalue weighted by molar-refractivity contribution is 0.201. The smallest absolute Gasteiger partial charge is 0.0554 e. The molecule has 0 radical (unpaired) electrons. The Hall–Kier alpha value is 0.660. The van der Waals surface area contributed by atoms with Crippen LogP contribution >= 0.6 is 23.5 Å². The van der Waals surface area contributed by atoms with Gasteiger partial charge in [0.25, 0.3) is 0 Å². The maximum Gasteiger partial charge on any atom is 0.0554 e. The van der Waals surface area contributed by atoms with Crippen LogP contribution in [0.1, 0.15) is 20.3 Å². The van der Waals surface area contributed by atoms with Gasteiger partial charge in [-0.1, -0.05) is 13.8 Å². The van der Waals surface area contributed by atoms with Crippen molar-refractivity contribution in [2.24, 2.45) is 11.8 Å². The number of rotatable bonds is 3. The van der Waals surface area contributed by atoms with Crippen LogP contribution in [0, 0.1) is 11.8 Å². The van der Waals surface area contributed by atoms with E-state index in [0.29, 0.717) is 23.0 Å². The maximum atomic E-state index is 9.22. The van der Waals surface area contributed by atoms with E-state index in [4.69, 9.17) is 0 Å². The third-order valence-corrected chi connectivity index (χ3v) is 5.49. The lowest BCUT2D eigenvalue weighted by Gasteiger charge is -2.30. The van der Waals surface area contributed by atoms with Gasteiger partial charge < -0.3 is 5.11 Å². The van der Waals surface area contributed by atoms with E-state index >= 15 is 0 Å². The molecule has 0 bridgehead atoms. The van der Waals surface area contributed by atoms with Crippen LogP contribution in [0.2, 0.25) is 0 Å². The normalized spacial score (nSPS) is 23.0. The van der Waals surface area contributed by atoms with Gasteiger partial charge >= 0.3 is 0 Å². The highest BCUT2D eigenvalue weighted by atomic mass is 32.2.